The minimum Gasteiger partial charge on any atom is -0.451 e. The third-order valence-corrected chi connectivity index (χ3v) is 3.28. The van der Waals surface area contributed by atoms with E-state index >= 15 is 0 Å². The van der Waals surface area contributed by atoms with Gasteiger partial charge in [-0.3, -0.25) is 4.79 Å². The molecule has 2 rings (SSSR count). The predicted octanol–water partition coefficient (Wildman–Crippen LogP) is 1.22. The lowest BCUT2D eigenvalue weighted by molar-refractivity contribution is -0.134. The second kappa shape index (κ2) is 6.88. The summed E-state index contributed by atoms with van der Waals surface area (Å²) >= 11 is 0. The third-order valence-electron chi connectivity index (χ3n) is 3.28. The Morgan fingerprint density at radius 1 is 1.20 bits per heavy atom. The van der Waals surface area contributed by atoms with Gasteiger partial charge in [-0.1, -0.05) is 12.8 Å². The van der Waals surface area contributed by atoms with Gasteiger partial charge >= 0.3 is 5.97 Å². The van der Waals surface area contributed by atoms with Gasteiger partial charge in [-0.25, -0.2) is 9.78 Å². The Balaban J connectivity index is 1.83. The monoisotopic (exact) mass is 277 g/mol. The Morgan fingerprint density at radius 2 is 1.90 bits per heavy atom. The van der Waals surface area contributed by atoms with E-state index < -0.39 is 5.97 Å². The molecular formula is C14H19N3O3. The highest BCUT2D eigenvalue weighted by Crippen LogP contribution is 2.10. The third kappa shape index (κ3) is 3.94. The van der Waals surface area contributed by atoms with Crippen LogP contribution in [0.5, 0.6) is 0 Å². The molecule has 1 aromatic heterocycles. The van der Waals surface area contributed by atoms with E-state index in [0.29, 0.717) is 5.69 Å². The standard InChI is InChI=1S/C14H19N3O3/c15-11-5-6-12(16-9-11)14(19)20-10-13(18)17-7-3-1-2-4-8-17/h5-6,9H,1-4,7-8,10,15H2. The summed E-state index contributed by atoms with van der Waals surface area (Å²) in [5, 5.41) is 0. The first kappa shape index (κ1) is 14.3. The van der Waals surface area contributed by atoms with E-state index in [2.05, 4.69) is 4.98 Å². The van der Waals surface area contributed by atoms with Crippen molar-refractivity contribution < 1.29 is 14.3 Å². The van der Waals surface area contributed by atoms with Gasteiger partial charge in [0.05, 0.1) is 11.9 Å². The summed E-state index contributed by atoms with van der Waals surface area (Å²) in [6.07, 6.45) is 5.71. The van der Waals surface area contributed by atoms with Crippen LogP contribution in [-0.2, 0) is 9.53 Å². The minimum absolute atomic E-state index is 0.143. The molecule has 1 aliphatic heterocycles. The van der Waals surface area contributed by atoms with Gasteiger partial charge in [0, 0.05) is 13.1 Å². The van der Waals surface area contributed by atoms with Crippen LogP contribution < -0.4 is 5.73 Å². The van der Waals surface area contributed by atoms with Gasteiger partial charge in [0.15, 0.2) is 6.61 Å². The van der Waals surface area contributed by atoms with E-state index in [9.17, 15) is 9.59 Å². The van der Waals surface area contributed by atoms with Gasteiger partial charge in [-0.2, -0.15) is 0 Å². The molecule has 0 aromatic carbocycles. The van der Waals surface area contributed by atoms with E-state index in [1.165, 1.54) is 12.3 Å². The number of pyridine rings is 1. The molecule has 1 saturated heterocycles. The van der Waals surface area contributed by atoms with E-state index in [4.69, 9.17) is 10.5 Å². The maximum atomic E-state index is 11.9. The van der Waals surface area contributed by atoms with Crippen LogP contribution in [0.4, 0.5) is 5.69 Å². The maximum Gasteiger partial charge on any atom is 0.357 e. The number of likely N-dealkylation sites (tertiary alicyclic amines) is 1. The Bertz CT molecular complexity index is 465. The van der Waals surface area contributed by atoms with E-state index in [-0.39, 0.29) is 18.2 Å². The Hall–Kier alpha value is -2.11. The molecule has 0 unspecified atom stereocenters. The lowest BCUT2D eigenvalue weighted by Crippen LogP contribution is -2.35. The first-order chi connectivity index (χ1) is 9.66. The number of aromatic nitrogens is 1. The predicted molar refractivity (Wildman–Crippen MR) is 74.0 cm³/mol. The fourth-order valence-electron chi connectivity index (χ4n) is 2.14. The van der Waals surface area contributed by atoms with E-state index in [1.807, 2.05) is 0 Å². The van der Waals surface area contributed by atoms with Crippen LogP contribution in [0, 0.1) is 0 Å². The molecule has 6 heteroatoms. The van der Waals surface area contributed by atoms with Crippen LogP contribution >= 0.6 is 0 Å². The number of amides is 1. The van der Waals surface area contributed by atoms with Crippen molar-refractivity contribution in [1.29, 1.82) is 0 Å². The molecule has 0 saturated carbocycles. The molecule has 2 N–H and O–H groups in total. The summed E-state index contributed by atoms with van der Waals surface area (Å²) in [7, 11) is 0. The van der Waals surface area contributed by atoms with Crippen LogP contribution in [0.15, 0.2) is 18.3 Å². The number of hydrogen-bond donors (Lipinski definition) is 1. The highest BCUT2D eigenvalue weighted by Gasteiger charge is 2.18. The van der Waals surface area contributed by atoms with Crippen molar-refractivity contribution in [3.05, 3.63) is 24.0 Å². The number of anilines is 1. The molecule has 0 atom stereocenters. The molecule has 6 nitrogen and oxygen atoms in total. The number of ether oxygens (including phenoxy) is 1. The average molecular weight is 277 g/mol. The van der Waals surface area contributed by atoms with Gasteiger partial charge < -0.3 is 15.4 Å². The topological polar surface area (TPSA) is 85.5 Å². The Kier molecular flexibility index (Phi) is 4.92. The SMILES string of the molecule is Nc1ccc(C(=O)OCC(=O)N2CCCCCC2)nc1. The van der Waals surface area contributed by atoms with Crippen LogP contribution in [0.2, 0.25) is 0 Å². The molecule has 1 aliphatic rings. The molecule has 20 heavy (non-hydrogen) atoms. The number of nitrogens with zero attached hydrogens (tertiary/aromatic N) is 2. The van der Waals surface area contributed by atoms with Gasteiger partial charge in [-0.05, 0) is 25.0 Å². The van der Waals surface area contributed by atoms with Crippen LogP contribution in [-0.4, -0.2) is 41.5 Å². The number of esters is 1. The summed E-state index contributed by atoms with van der Waals surface area (Å²) in [5.74, 6) is -0.746. The lowest BCUT2D eigenvalue weighted by atomic mass is 10.2. The fraction of sp³-hybridized carbons (Fsp3) is 0.500. The zero-order valence-electron chi connectivity index (χ0n) is 11.4. The summed E-state index contributed by atoms with van der Waals surface area (Å²) in [6.45, 7) is 1.26. The van der Waals surface area contributed by atoms with Crippen molar-refractivity contribution in [2.45, 2.75) is 25.7 Å². The van der Waals surface area contributed by atoms with Gasteiger partial charge in [-0.15, -0.1) is 0 Å². The fourth-order valence-corrected chi connectivity index (χ4v) is 2.14. The second-order valence-corrected chi connectivity index (χ2v) is 4.85. The Labute approximate surface area is 117 Å². The Morgan fingerprint density at radius 3 is 2.50 bits per heavy atom. The largest absolute Gasteiger partial charge is 0.451 e. The summed E-state index contributed by atoms with van der Waals surface area (Å²) in [4.78, 5) is 29.3. The van der Waals surface area contributed by atoms with Crippen molar-refractivity contribution >= 4 is 17.6 Å². The quantitative estimate of drug-likeness (QED) is 0.840. The first-order valence-corrected chi connectivity index (χ1v) is 6.83. The normalized spacial score (nSPS) is 15.5. The van der Waals surface area contributed by atoms with Crippen molar-refractivity contribution in [2.75, 3.05) is 25.4 Å². The second-order valence-electron chi connectivity index (χ2n) is 4.85. The molecular weight excluding hydrogens is 258 g/mol. The average Bonchev–Trinajstić information content (AvgIpc) is 2.74. The number of rotatable bonds is 3. The lowest BCUT2D eigenvalue weighted by Gasteiger charge is -2.19. The van der Waals surface area contributed by atoms with Crippen molar-refractivity contribution in [2.24, 2.45) is 0 Å². The van der Waals surface area contributed by atoms with E-state index in [1.54, 1.807) is 11.0 Å². The highest BCUT2D eigenvalue weighted by atomic mass is 16.5. The van der Waals surface area contributed by atoms with Gasteiger partial charge in [0.2, 0.25) is 0 Å². The van der Waals surface area contributed by atoms with Crippen LogP contribution in [0.3, 0.4) is 0 Å². The zero-order valence-corrected chi connectivity index (χ0v) is 11.4. The minimum atomic E-state index is -0.604. The molecule has 2 heterocycles. The van der Waals surface area contributed by atoms with Gasteiger partial charge in [0.1, 0.15) is 5.69 Å². The van der Waals surface area contributed by atoms with Crippen molar-refractivity contribution in [1.82, 2.24) is 9.88 Å². The molecule has 0 radical (unpaired) electrons. The molecule has 1 amide bonds. The van der Waals surface area contributed by atoms with E-state index in [0.717, 1.165) is 38.8 Å². The number of carbonyl (C=O) groups excluding carboxylic acids is 2. The number of nitrogens with two attached hydrogens (primary N) is 1. The first-order valence-electron chi connectivity index (χ1n) is 6.83. The number of nitrogen functional groups attached to an aromatic ring is 1. The zero-order chi connectivity index (χ0) is 14.4. The highest BCUT2D eigenvalue weighted by molar-refractivity contribution is 5.89. The molecule has 0 bridgehead atoms. The molecule has 1 fully saturated rings. The smallest absolute Gasteiger partial charge is 0.357 e. The number of hydrogen-bond acceptors (Lipinski definition) is 5. The van der Waals surface area contributed by atoms with Crippen LogP contribution in [0.25, 0.3) is 0 Å². The summed E-state index contributed by atoms with van der Waals surface area (Å²) < 4.78 is 4.99. The maximum absolute atomic E-state index is 11.9. The molecule has 1 aromatic rings. The van der Waals surface area contributed by atoms with Gasteiger partial charge in [0.25, 0.3) is 5.91 Å². The number of carbonyl (C=O) groups is 2. The molecule has 0 spiro atoms. The van der Waals surface area contributed by atoms with Crippen molar-refractivity contribution in [3.8, 4) is 0 Å². The molecule has 0 aliphatic carbocycles. The summed E-state index contributed by atoms with van der Waals surface area (Å²) in [5.41, 5.74) is 6.12. The summed E-state index contributed by atoms with van der Waals surface area (Å²) in [6, 6.07) is 3.05. The van der Waals surface area contributed by atoms with Crippen LogP contribution in [0.1, 0.15) is 36.2 Å². The molecule has 108 valence electrons. The van der Waals surface area contributed by atoms with Crippen molar-refractivity contribution in [3.63, 3.8) is 0 Å².